The molecule has 0 aliphatic carbocycles. The maximum atomic E-state index is 12.5. The third kappa shape index (κ3) is 4.46. The molecule has 0 bridgehead atoms. The Labute approximate surface area is 145 Å². The van der Waals surface area contributed by atoms with Gasteiger partial charge in [-0.25, -0.2) is 0 Å². The first-order valence-electron chi connectivity index (χ1n) is 7.92. The minimum atomic E-state index is -0.423. The van der Waals surface area contributed by atoms with Crippen LogP contribution in [0.4, 0.5) is 5.95 Å². The molecule has 0 atom stereocenters. The number of nitrogens with zero attached hydrogens (tertiary/aromatic N) is 4. The molecule has 0 spiro atoms. The lowest BCUT2D eigenvalue weighted by molar-refractivity contribution is 0.102. The highest BCUT2D eigenvalue weighted by Crippen LogP contribution is 2.39. The van der Waals surface area contributed by atoms with Gasteiger partial charge in [0, 0.05) is 11.8 Å². The Kier molecular flexibility index (Phi) is 6.33. The van der Waals surface area contributed by atoms with Gasteiger partial charge in [-0.05, 0) is 38.1 Å². The number of carbonyl (C=O) groups is 1. The minimum Gasteiger partial charge on any atom is -0.490 e. The van der Waals surface area contributed by atoms with Crippen molar-refractivity contribution < 1.29 is 19.0 Å². The highest BCUT2D eigenvalue weighted by molar-refractivity contribution is 6.04. The van der Waals surface area contributed by atoms with Gasteiger partial charge in [-0.3, -0.25) is 10.1 Å². The van der Waals surface area contributed by atoms with E-state index in [1.54, 1.807) is 12.1 Å². The SMILES string of the molecule is C=Cn1nnc(NC(=O)c2cc(OCC)c(OCC)c(OCC)c2)n1. The second-order valence-corrected chi connectivity index (χ2v) is 4.67. The molecular weight excluding hydrogens is 326 g/mol. The number of hydrogen-bond donors (Lipinski definition) is 1. The summed E-state index contributed by atoms with van der Waals surface area (Å²) < 4.78 is 16.8. The second kappa shape index (κ2) is 8.67. The zero-order chi connectivity index (χ0) is 18.2. The Morgan fingerprint density at radius 1 is 1.16 bits per heavy atom. The van der Waals surface area contributed by atoms with Crippen molar-refractivity contribution in [2.24, 2.45) is 0 Å². The van der Waals surface area contributed by atoms with Gasteiger partial charge in [0.25, 0.3) is 11.9 Å². The maximum Gasteiger partial charge on any atom is 0.270 e. The Balaban J connectivity index is 2.34. The average Bonchev–Trinajstić information content (AvgIpc) is 3.05. The van der Waals surface area contributed by atoms with Crippen molar-refractivity contribution >= 4 is 18.1 Å². The summed E-state index contributed by atoms with van der Waals surface area (Å²) >= 11 is 0. The summed E-state index contributed by atoms with van der Waals surface area (Å²) in [7, 11) is 0. The average molecular weight is 347 g/mol. The van der Waals surface area contributed by atoms with Crippen LogP contribution in [0.15, 0.2) is 18.7 Å². The standard InChI is InChI=1S/C16H21N5O4/c1-5-21-19-16(18-20-21)17-15(22)11-9-12(23-6-2)14(25-8-4)13(10-11)24-7-3/h5,9-10H,1,6-8H2,2-4H3,(H,17,19,22). The van der Waals surface area contributed by atoms with E-state index in [0.29, 0.717) is 42.6 Å². The quantitative estimate of drug-likeness (QED) is 0.742. The van der Waals surface area contributed by atoms with Crippen LogP contribution in [0, 0.1) is 0 Å². The van der Waals surface area contributed by atoms with Crippen LogP contribution >= 0.6 is 0 Å². The van der Waals surface area contributed by atoms with Crippen LogP contribution < -0.4 is 19.5 Å². The fraction of sp³-hybridized carbons (Fsp3) is 0.375. The van der Waals surface area contributed by atoms with Gasteiger partial charge in [0.15, 0.2) is 11.5 Å². The number of amides is 1. The molecule has 0 unspecified atom stereocenters. The Morgan fingerprint density at radius 3 is 2.24 bits per heavy atom. The van der Waals surface area contributed by atoms with E-state index in [1.165, 1.54) is 6.20 Å². The summed E-state index contributed by atoms with van der Waals surface area (Å²) in [6.07, 6.45) is 1.36. The van der Waals surface area contributed by atoms with Gasteiger partial charge < -0.3 is 14.2 Å². The van der Waals surface area contributed by atoms with E-state index < -0.39 is 5.91 Å². The molecule has 1 amide bonds. The third-order valence-corrected chi connectivity index (χ3v) is 2.99. The second-order valence-electron chi connectivity index (χ2n) is 4.67. The Morgan fingerprint density at radius 2 is 1.76 bits per heavy atom. The summed E-state index contributed by atoms with van der Waals surface area (Å²) in [4.78, 5) is 13.6. The molecule has 0 fully saturated rings. The highest BCUT2D eigenvalue weighted by atomic mass is 16.5. The summed E-state index contributed by atoms with van der Waals surface area (Å²) in [6.45, 7) is 10.4. The smallest absolute Gasteiger partial charge is 0.270 e. The number of benzene rings is 1. The van der Waals surface area contributed by atoms with Crippen LogP contribution in [0.3, 0.4) is 0 Å². The van der Waals surface area contributed by atoms with E-state index in [0.717, 1.165) is 4.80 Å². The predicted molar refractivity (Wildman–Crippen MR) is 92.1 cm³/mol. The first-order valence-corrected chi connectivity index (χ1v) is 7.92. The number of nitrogens with one attached hydrogen (secondary N) is 1. The number of ether oxygens (including phenoxy) is 3. The van der Waals surface area contributed by atoms with Crippen LogP contribution in [0.1, 0.15) is 31.1 Å². The molecule has 1 aromatic carbocycles. The normalized spacial score (nSPS) is 10.2. The van der Waals surface area contributed by atoms with Gasteiger partial charge in [0.2, 0.25) is 5.75 Å². The molecule has 25 heavy (non-hydrogen) atoms. The van der Waals surface area contributed by atoms with Gasteiger partial charge in [0.1, 0.15) is 0 Å². The monoisotopic (exact) mass is 347 g/mol. The molecule has 1 heterocycles. The number of aromatic nitrogens is 4. The fourth-order valence-corrected chi connectivity index (χ4v) is 2.05. The Hall–Kier alpha value is -3.10. The van der Waals surface area contributed by atoms with Crippen LogP contribution in [0.5, 0.6) is 17.2 Å². The largest absolute Gasteiger partial charge is 0.490 e. The van der Waals surface area contributed by atoms with E-state index in [-0.39, 0.29) is 5.95 Å². The van der Waals surface area contributed by atoms with Gasteiger partial charge in [0.05, 0.1) is 19.8 Å². The zero-order valence-corrected chi connectivity index (χ0v) is 14.5. The summed E-state index contributed by atoms with van der Waals surface area (Å²) in [5, 5.41) is 13.9. The number of anilines is 1. The molecule has 0 aliphatic heterocycles. The topological polar surface area (TPSA) is 100 Å². The van der Waals surface area contributed by atoms with Crippen molar-refractivity contribution in [3.05, 3.63) is 24.3 Å². The zero-order valence-electron chi connectivity index (χ0n) is 14.5. The van der Waals surface area contributed by atoms with E-state index in [4.69, 9.17) is 14.2 Å². The molecule has 1 N–H and O–H groups in total. The number of carbonyl (C=O) groups excluding carboxylic acids is 1. The van der Waals surface area contributed by atoms with Crippen molar-refractivity contribution in [2.45, 2.75) is 20.8 Å². The number of rotatable bonds is 9. The molecule has 1 aromatic heterocycles. The first-order chi connectivity index (χ1) is 12.1. The van der Waals surface area contributed by atoms with Gasteiger partial charge >= 0.3 is 0 Å². The van der Waals surface area contributed by atoms with Crippen molar-refractivity contribution in [3.63, 3.8) is 0 Å². The van der Waals surface area contributed by atoms with E-state index >= 15 is 0 Å². The predicted octanol–water partition coefficient (Wildman–Crippen LogP) is 2.22. The lowest BCUT2D eigenvalue weighted by atomic mass is 10.1. The molecule has 0 radical (unpaired) electrons. The van der Waals surface area contributed by atoms with Crippen LogP contribution in [0.25, 0.3) is 6.20 Å². The van der Waals surface area contributed by atoms with Crippen molar-refractivity contribution in [3.8, 4) is 17.2 Å². The molecule has 134 valence electrons. The van der Waals surface area contributed by atoms with Crippen molar-refractivity contribution in [1.82, 2.24) is 20.2 Å². The third-order valence-electron chi connectivity index (χ3n) is 2.99. The summed E-state index contributed by atoms with van der Waals surface area (Å²) in [6, 6.07) is 3.18. The van der Waals surface area contributed by atoms with Gasteiger partial charge in [-0.15, -0.1) is 9.90 Å². The molecule has 9 heteroatoms. The molecule has 9 nitrogen and oxygen atoms in total. The number of hydrogen-bond acceptors (Lipinski definition) is 7. The molecule has 2 rings (SSSR count). The number of tetrazole rings is 1. The summed E-state index contributed by atoms with van der Waals surface area (Å²) in [5.41, 5.74) is 0.324. The molecule has 0 aliphatic rings. The fourth-order valence-electron chi connectivity index (χ4n) is 2.05. The molecule has 0 saturated heterocycles. The Bertz CT molecular complexity index is 717. The lowest BCUT2D eigenvalue weighted by Crippen LogP contribution is -2.14. The molecular formula is C16H21N5O4. The van der Waals surface area contributed by atoms with Crippen molar-refractivity contribution in [2.75, 3.05) is 25.1 Å². The maximum absolute atomic E-state index is 12.5. The van der Waals surface area contributed by atoms with E-state index in [1.807, 2.05) is 20.8 Å². The molecule has 0 saturated carbocycles. The van der Waals surface area contributed by atoms with Crippen LogP contribution in [-0.4, -0.2) is 45.9 Å². The van der Waals surface area contributed by atoms with Crippen LogP contribution in [-0.2, 0) is 0 Å². The highest BCUT2D eigenvalue weighted by Gasteiger charge is 2.19. The van der Waals surface area contributed by atoms with E-state index in [9.17, 15) is 4.79 Å². The summed E-state index contributed by atoms with van der Waals surface area (Å²) in [5.74, 6) is 0.980. The van der Waals surface area contributed by atoms with Gasteiger partial charge in [-0.1, -0.05) is 11.7 Å². The minimum absolute atomic E-state index is 0.0645. The van der Waals surface area contributed by atoms with E-state index in [2.05, 4.69) is 27.3 Å². The van der Waals surface area contributed by atoms with Crippen molar-refractivity contribution in [1.29, 1.82) is 0 Å². The van der Waals surface area contributed by atoms with Gasteiger partial charge in [-0.2, -0.15) is 0 Å². The molecule has 2 aromatic rings. The van der Waals surface area contributed by atoms with Crippen LogP contribution in [0.2, 0.25) is 0 Å². The first kappa shape index (κ1) is 18.2. The lowest BCUT2D eigenvalue weighted by Gasteiger charge is -2.16.